The predicted molar refractivity (Wildman–Crippen MR) is 93.7 cm³/mol. The molecular weight excluding hydrogens is 328 g/mol. The van der Waals surface area contributed by atoms with E-state index < -0.39 is 9.84 Å². The van der Waals surface area contributed by atoms with Crippen LogP contribution in [-0.4, -0.2) is 24.1 Å². The Labute approximate surface area is 137 Å². The van der Waals surface area contributed by atoms with E-state index in [1.165, 1.54) is 11.3 Å². The minimum Gasteiger partial charge on any atom is -0.339 e. The largest absolute Gasteiger partial charge is 0.339 e. The molecule has 0 aliphatic carbocycles. The number of sulfone groups is 1. The number of hydrogen-bond donors (Lipinski definition) is 1. The van der Waals surface area contributed by atoms with Crippen molar-refractivity contribution in [1.29, 1.82) is 0 Å². The van der Waals surface area contributed by atoms with Crippen LogP contribution in [0, 0.1) is 0 Å². The van der Waals surface area contributed by atoms with Crippen LogP contribution in [0.1, 0.15) is 5.56 Å². The highest BCUT2D eigenvalue weighted by molar-refractivity contribution is 7.93. The fraction of sp³-hybridized carbons (Fsp3) is 0.118. The third-order valence-corrected chi connectivity index (χ3v) is 7.10. The van der Waals surface area contributed by atoms with Gasteiger partial charge in [0.1, 0.15) is 9.86 Å². The van der Waals surface area contributed by atoms with Crippen LogP contribution in [0.15, 0.2) is 58.3 Å². The van der Waals surface area contributed by atoms with E-state index in [4.69, 9.17) is 0 Å². The molecule has 1 N–H and O–H groups in total. The second-order valence-electron chi connectivity index (χ2n) is 5.41. The van der Waals surface area contributed by atoms with Crippen molar-refractivity contribution in [1.82, 2.24) is 9.97 Å². The second kappa shape index (κ2) is 5.47. The summed E-state index contributed by atoms with van der Waals surface area (Å²) in [5, 5.41) is 3.93. The molecule has 0 radical (unpaired) electrons. The number of fused-ring (bicyclic) bond motifs is 3. The molecule has 23 heavy (non-hydrogen) atoms. The lowest BCUT2D eigenvalue weighted by atomic mass is 10.1. The first-order valence-electron chi connectivity index (χ1n) is 7.25. The molecular formula is C17H14N2O2S2. The zero-order valence-corrected chi connectivity index (χ0v) is 13.8. The number of aryl methyl sites for hydroxylation is 1. The van der Waals surface area contributed by atoms with Crippen molar-refractivity contribution in [3.8, 4) is 0 Å². The van der Waals surface area contributed by atoms with Crippen LogP contribution in [0.2, 0.25) is 0 Å². The number of nitrogens with one attached hydrogen (secondary N) is 1. The highest BCUT2D eigenvalue weighted by atomic mass is 32.2. The zero-order valence-electron chi connectivity index (χ0n) is 12.2. The molecule has 0 aliphatic rings. The Morgan fingerprint density at radius 3 is 2.83 bits per heavy atom. The average Bonchev–Trinajstić information content (AvgIpc) is 3.21. The highest BCUT2D eigenvalue weighted by Gasteiger charge is 2.15. The molecule has 0 unspecified atom stereocenters. The van der Waals surface area contributed by atoms with Crippen molar-refractivity contribution in [2.45, 2.75) is 10.6 Å². The monoisotopic (exact) mass is 342 g/mol. The molecule has 4 aromatic rings. The number of nitrogens with zero attached hydrogens (tertiary/aromatic N) is 1. The first kappa shape index (κ1) is 14.4. The maximum absolute atomic E-state index is 12.3. The van der Waals surface area contributed by atoms with Crippen LogP contribution in [0.5, 0.6) is 0 Å². The summed E-state index contributed by atoms with van der Waals surface area (Å²) >= 11 is 1.27. The molecule has 3 aromatic heterocycles. The van der Waals surface area contributed by atoms with Crippen molar-refractivity contribution in [3.63, 3.8) is 0 Å². The van der Waals surface area contributed by atoms with Crippen molar-refractivity contribution in [3.05, 3.63) is 59.6 Å². The molecule has 0 bridgehead atoms. The van der Waals surface area contributed by atoms with Crippen molar-refractivity contribution in [2.24, 2.45) is 0 Å². The molecule has 0 fully saturated rings. The maximum Gasteiger partial charge on any atom is 0.188 e. The standard InChI is InChI=1S/C17H14N2O2S2/c20-23(21,16-4-2-9-22-16)10-7-12-5-6-15-14(11-12)13-3-1-8-18-17(13)19-15/h1-6,8-9,11H,7,10H2,(H,18,19). The van der Waals surface area contributed by atoms with Gasteiger partial charge in [-0.2, -0.15) is 0 Å². The molecule has 1 aromatic carbocycles. The molecule has 4 nitrogen and oxygen atoms in total. The van der Waals surface area contributed by atoms with Crippen LogP contribution in [0.3, 0.4) is 0 Å². The number of pyridine rings is 1. The van der Waals surface area contributed by atoms with Gasteiger partial charge in [-0.1, -0.05) is 12.1 Å². The number of aromatic nitrogens is 2. The number of aromatic amines is 1. The van der Waals surface area contributed by atoms with Gasteiger partial charge in [0.2, 0.25) is 0 Å². The van der Waals surface area contributed by atoms with Gasteiger partial charge < -0.3 is 4.98 Å². The fourth-order valence-electron chi connectivity index (χ4n) is 2.72. The van der Waals surface area contributed by atoms with Crippen LogP contribution in [-0.2, 0) is 16.3 Å². The lowest BCUT2D eigenvalue weighted by molar-refractivity contribution is 0.597. The first-order chi connectivity index (χ1) is 11.1. The minimum absolute atomic E-state index is 0.125. The summed E-state index contributed by atoms with van der Waals surface area (Å²) in [4.78, 5) is 7.59. The van der Waals surface area contributed by atoms with Gasteiger partial charge in [-0.25, -0.2) is 13.4 Å². The Hall–Kier alpha value is -2.18. The maximum atomic E-state index is 12.3. The summed E-state index contributed by atoms with van der Waals surface area (Å²) in [6.07, 6.45) is 2.26. The molecule has 4 rings (SSSR count). The van der Waals surface area contributed by atoms with Crippen molar-refractivity contribution in [2.75, 3.05) is 5.75 Å². The third kappa shape index (κ3) is 2.64. The van der Waals surface area contributed by atoms with Gasteiger partial charge in [-0.15, -0.1) is 11.3 Å². The van der Waals surface area contributed by atoms with Gasteiger partial charge >= 0.3 is 0 Å². The summed E-state index contributed by atoms with van der Waals surface area (Å²) in [5.41, 5.74) is 2.89. The fourth-order valence-corrected chi connectivity index (χ4v) is 5.16. The van der Waals surface area contributed by atoms with Gasteiger partial charge in [0.25, 0.3) is 0 Å². The highest BCUT2D eigenvalue weighted by Crippen LogP contribution is 2.25. The number of thiophene rings is 1. The van der Waals surface area contributed by atoms with Gasteiger partial charge in [-0.3, -0.25) is 0 Å². The quantitative estimate of drug-likeness (QED) is 0.614. The Morgan fingerprint density at radius 2 is 2.00 bits per heavy atom. The average molecular weight is 342 g/mol. The third-order valence-electron chi connectivity index (χ3n) is 3.90. The number of rotatable bonds is 4. The molecule has 0 saturated heterocycles. The lowest BCUT2D eigenvalue weighted by Gasteiger charge is -2.03. The van der Waals surface area contributed by atoms with E-state index in [0.29, 0.717) is 10.6 Å². The van der Waals surface area contributed by atoms with Crippen LogP contribution in [0.4, 0.5) is 0 Å². The Bertz CT molecular complexity index is 1080. The smallest absolute Gasteiger partial charge is 0.188 e. The van der Waals surface area contributed by atoms with E-state index in [1.54, 1.807) is 23.7 Å². The van der Waals surface area contributed by atoms with Crippen molar-refractivity contribution >= 4 is 43.1 Å². The Morgan fingerprint density at radius 1 is 1.09 bits per heavy atom. The molecule has 0 atom stereocenters. The SMILES string of the molecule is O=S(=O)(CCc1ccc2[nH]c3ncccc3c2c1)c1cccs1. The van der Waals surface area contributed by atoms with E-state index >= 15 is 0 Å². The Balaban J connectivity index is 1.66. The topological polar surface area (TPSA) is 62.8 Å². The van der Waals surface area contributed by atoms with E-state index in [9.17, 15) is 8.42 Å². The lowest BCUT2D eigenvalue weighted by Crippen LogP contribution is -2.07. The van der Waals surface area contributed by atoms with E-state index in [2.05, 4.69) is 16.0 Å². The van der Waals surface area contributed by atoms with Gasteiger partial charge in [0.05, 0.1) is 5.75 Å². The normalized spacial score (nSPS) is 12.2. The van der Waals surface area contributed by atoms with Crippen LogP contribution < -0.4 is 0 Å². The van der Waals surface area contributed by atoms with E-state index in [-0.39, 0.29) is 5.75 Å². The summed E-state index contributed by atoms with van der Waals surface area (Å²) in [7, 11) is -3.20. The predicted octanol–water partition coefficient (Wildman–Crippen LogP) is 3.79. The number of H-pyrrole nitrogens is 1. The second-order valence-corrected chi connectivity index (χ2v) is 8.69. The Kier molecular flexibility index (Phi) is 3.43. The number of hydrogen-bond acceptors (Lipinski definition) is 4. The zero-order chi connectivity index (χ0) is 15.9. The minimum atomic E-state index is -3.20. The number of benzene rings is 1. The molecule has 0 saturated carbocycles. The molecule has 6 heteroatoms. The van der Waals surface area contributed by atoms with E-state index in [0.717, 1.165) is 27.5 Å². The molecule has 0 aliphatic heterocycles. The van der Waals surface area contributed by atoms with Crippen LogP contribution >= 0.6 is 11.3 Å². The summed E-state index contributed by atoms with van der Waals surface area (Å²) in [5.74, 6) is 0.125. The molecule has 116 valence electrons. The molecule has 0 spiro atoms. The van der Waals surface area contributed by atoms with E-state index in [1.807, 2.05) is 24.3 Å². The van der Waals surface area contributed by atoms with Gasteiger partial charge in [-0.05, 0) is 47.7 Å². The van der Waals surface area contributed by atoms with Crippen LogP contribution in [0.25, 0.3) is 21.9 Å². The summed E-state index contributed by atoms with van der Waals surface area (Å²) < 4.78 is 25.0. The van der Waals surface area contributed by atoms with Crippen molar-refractivity contribution < 1.29 is 8.42 Å². The molecule has 0 amide bonds. The summed E-state index contributed by atoms with van der Waals surface area (Å²) in [6.45, 7) is 0. The molecule has 3 heterocycles. The summed E-state index contributed by atoms with van der Waals surface area (Å²) in [6, 6.07) is 13.4. The first-order valence-corrected chi connectivity index (χ1v) is 9.78. The van der Waals surface area contributed by atoms with Gasteiger partial charge in [0, 0.05) is 22.5 Å². The van der Waals surface area contributed by atoms with Gasteiger partial charge in [0.15, 0.2) is 9.84 Å².